The summed E-state index contributed by atoms with van der Waals surface area (Å²) in [6.07, 6.45) is 5.29. The van der Waals surface area contributed by atoms with E-state index in [-0.39, 0.29) is 0 Å². The summed E-state index contributed by atoms with van der Waals surface area (Å²) in [5.41, 5.74) is 0.519. The minimum absolute atomic E-state index is 0.519. The maximum absolute atomic E-state index is 10.2. The fourth-order valence-corrected chi connectivity index (χ4v) is 2.12. The Kier molecular flexibility index (Phi) is 4.13. The summed E-state index contributed by atoms with van der Waals surface area (Å²) < 4.78 is 0. The van der Waals surface area contributed by atoms with Crippen LogP contribution in [0.4, 0.5) is 5.69 Å². The van der Waals surface area contributed by atoms with Gasteiger partial charge in [0.25, 0.3) is 0 Å². The summed E-state index contributed by atoms with van der Waals surface area (Å²) in [6.45, 7) is 1.81. The van der Waals surface area contributed by atoms with E-state index < -0.39 is 0 Å². The van der Waals surface area contributed by atoms with Gasteiger partial charge < -0.3 is 0 Å². The molecule has 1 heterocycles. The molecule has 0 fully saturated rings. The minimum atomic E-state index is 0.519. The van der Waals surface area contributed by atoms with Crippen molar-refractivity contribution in [1.82, 2.24) is 9.97 Å². The molecule has 0 radical (unpaired) electrons. The molecule has 6 heteroatoms. The first-order chi connectivity index (χ1) is 6.72. The van der Waals surface area contributed by atoms with Crippen LogP contribution in [0, 0.1) is 6.92 Å². The monoisotopic (exact) mass is 227 g/mol. The molecule has 74 valence electrons. The second-order valence-corrected chi connectivity index (χ2v) is 3.93. The third-order valence-electron chi connectivity index (χ3n) is 1.48. The van der Waals surface area contributed by atoms with Crippen LogP contribution >= 0.6 is 23.5 Å². The highest BCUT2D eigenvalue weighted by molar-refractivity contribution is 7.99. The second-order valence-electron chi connectivity index (χ2n) is 2.34. The van der Waals surface area contributed by atoms with Crippen LogP contribution in [0.3, 0.4) is 0 Å². The Morgan fingerprint density at radius 1 is 1.21 bits per heavy atom. The zero-order chi connectivity index (χ0) is 10.6. The molecular weight excluding hydrogens is 218 g/mol. The molecule has 0 unspecified atom stereocenters. The predicted octanol–water partition coefficient (Wildman–Crippen LogP) is 2.20. The first kappa shape index (κ1) is 11.2. The van der Waals surface area contributed by atoms with Gasteiger partial charge >= 0.3 is 0 Å². The van der Waals surface area contributed by atoms with Gasteiger partial charge in [-0.25, -0.2) is 14.8 Å². The van der Waals surface area contributed by atoms with Gasteiger partial charge in [-0.1, -0.05) is 0 Å². The van der Waals surface area contributed by atoms with Gasteiger partial charge in [0.1, 0.15) is 21.6 Å². The van der Waals surface area contributed by atoms with Crippen molar-refractivity contribution in [3.8, 4) is 0 Å². The van der Waals surface area contributed by atoms with Crippen molar-refractivity contribution in [1.29, 1.82) is 0 Å². The van der Waals surface area contributed by atoms with Gasteiger partial charge in [-0.05, 0) is 19.4 Å². The number of aromatic nitrogens is 2. The quantitative estimate of drug-likeness (QED) is 0.343. The third kappa shape index (κ3) is 2.35. The van der Waals surface area contributed by atoms with Crippen molar-refractivity contribution >= 4 is 35.3 Å². The molecule has 0 bridgehead atoms. The normalized spacial score (nSPS) is 9.64. The van der Waals surface area contributed by atoms with Crippen LogP contribution in [-0.2, 0) is 4.79 Å². The van der Waals surface area contributed by atoms with Gasteiger partial charge in [0.2, 0.25) is 6.08 Å². The van der Waals surface area contributed by atoms with E-state index in [1.54, 1.807) is 0 Å². The van der Waals surface area contributed by atoms with E-state index >= 15 is 0 Å². The number of rotatable bonds is 3. The SMILES string of the molecule is CSc1nc(C)nc(SC)c1N=C=O. The van der Waals surface area contributed by atoms with E-state index in [4.69, 9.17) is 0 Å². The van der Waals surface area contributed by atoms with Crippen molar-refractivity contribution in [2.45, 2.75) is 17.0 Å². The number of thioether (sulfide) groups is 2. The first-order valence-electron chi connectivity index (χ1n) is 3.77. The number of aryl methyl sites for hydroxylation is 1. The van der Waals surface area contributed by atoms with Crippen LogP contribution in [0.15, 0.2) is 15.0 Å². The van der Waals surface area contributed by atoms with Crippen LogP contribution < -0.4 is 0 Å². The lowest BCUT2D eigenvalue weighted by molar-refractivity contribution is 0.565. The van der Waals surface area contributed by atoms with Gasteiger partial charge in [-0.15, -0.1) is 23.5 Å². The fraction of sp³-hybridized carbons (Fsp3) is 0.375. The van der Waals surface area contributed by atoms with Crippen LogP contribution in [0.5, 0.6) is 0 Å². The molecule has 0 atom stereocenters. The highest BCUT2D eigenvalue weighted by atomic mass is 32.2. The highest BCUT2D eigenvalue weighted by Gasteiger charge is 2.10. The van der Waals surface area contributed by atoms with E-state index in [2.05, 4.69) is 15.0 Å². The molecule has 0 aliphatic heterocycles. The van der Waals surface area contributed by atoms with Gasteiger partial charge in [-0.3, -0.25) is 0 Å². The first-order valence-corrected chi connectivity index (χ1v) is 6.22. The van der Waals surface area contributed by atoms with Gasteiger partial charge in [0.15, 0.2) is 0 Å². The van der Waals surface area contributed by atoms with E-state index in [1.807, 2.05) is 19.4 Å². The van der Waals surface area contributed by atoms with Crippen molar-refractivity contribution in [2.75, 3.05) is 12.5 Å². The summed E-state index contributed by atoms with van der Waals surface area (Å²) in [7, 11) is 0. The number of hydrogen-bond acceptors (Lipinski definition) is 6. The second kappa shape index (κ2) is 5.14. The lowest BCUT2D eigenvalue weighted by atomic mass is 10.5. The Morgan fingerprint density at radius 2 is 1.71 bits per heavy atom. The molecule has 0 saturated carbocycles. The molecule has 1 aromatic heterocycles. The molecule has 0 spiro atoms. The highest BCUT2D eigenvalue weighted by Crippen LogP contribution is 2.33. The average molecular weight is 227 g/mol. The van der Waals surface area contributed by atoms with E-state index in [0.29, 0.717) is 21.6 Å². The number of aliphatic imine (C=N–C) groups is 1. The van der Waals surface area contributed by atoms with Crippen molar-refractivity contribution < 1.29 is 4.79 Å². The van der Waals surface area contributed by atoms with Crippen LogP contribution in [0.25, 0.3) is 0 Å². The van der Waals surface area contributed by atoms with Crippen LogP contribution in [0.2, 0.25) is 0 Å². The molecule has 4 nitrogen and oxygen atoms in total. The standard InChI is InChI=1S/C8H9N3OS2/c1-5-10-7(13-2)6(9-4-12)8(11-5)14-3/h1-3H3. The van der Waals surface area contributed by atoms with Gasteiger partial charge in [0.05, 0.1) is 0 Å². The van der Waals surface area contributed by atoms with Crippen LogP contribution in [-0.4, -0.2) is 28.6 Å². The van der Waals surface area contributed by atoms with E-state index in [0.717, 1.165) is 0 Å². The van der Waals surface area contributed by atoms with Crippen molar-refractivity contribution in [3.63, 3.8) is 0 Å². The minimum Gasteiger partial charge on any atom is -0.224 e. The van der Waals surface area contributed by atoms with Crippen LogP contribution in [0.1, 0.15) is 5.82 Å². The molecule has 0 amide bonds. The smallest absolute Gasteiger partial charge is 0.224 e. The maximum Gasteiger partial charge on any atom is 0.240 e. The lowest BCUT2D eigenvalue weighted by Crippen LogP contribution is -1.93. The molecule has 14 heavy (non-hydrogen) atoms. The van der Waals surface area contributed by atoms with Crippen molar-refractivity contribution in [2.24, 2.45) is 4.99 Å². The Balaban J connectivity index is 3.39. The third-order valence-corrected chi connectivity index (χ3v) is 2.82. The molecule has 1 aromatic rings. The average Bonchev–Trinajstić information content (AvgIpc) is 2.20. The molecule has 0 aliphatic carbocycles. The zero-order valence-corrected chi connectivity index (χ0v) is 9.70. The summed E-state index contributed by atoms with van der Waals surface area (Å²) in [5.74, 6) is 0.684. The Bertz CT molecular complexity index is 363. The predicted molar refractivity (Wildman–Crippen MR) is 58.1 cm³/mol. The Labute approximate surface area is 90.6 Å². The fourth-order valence-electron chi connectivity index (χ4n) is 0.942. The molecule has 0 saturated heterocycles. The lowest BCUT2D eigenvalue weighted by Gasteiger charge is -2.05. The summed E-state index contributed by atoms with van der Waals surface area (Å²) in [5, 5.41) is 1.43. The van der Waals surface area contributed by atoms with Gasteiger partial charge in [0, 0.05) is 0 Å². The van der Waals surface area contributed by atoms with Gasteiger partial charge in [-0.2, -0.15) is 4.99 Å². The Morgan fingerprint density at radius 3 is 2.07 bits per heavy atom. The summed E-state index contributed by atoms with van der Waals surface area (Å²) in [4.78, 5) is 22.2. The topological polar surface area (TPSA) is 55.2 Å². The largest absolute Gasteiger partial charge is 0.240 e. The van der Waals surface area contributed by atoms with E-state index in [1.165, 1.54) is 29.6 Å². The molecule has 0 N–H and O–H groups in total. The maximum atomic E-state index is 10.2. The number of isocyanates is 1. The van der Waals surface area contributed by atoms with E-state index in [9.17, 15) is 4.79 Å². The molecule has 0 aromatic carbocycles. The number of carbonyl (C=O) groups excluding carboxylic acids is 1. The molecular formula is C8H9N3OS2. The Hall–Kier alpha value is -0.840. The number of nitrogens with zero attached hydrogens (tertiary/aromatic N) is 3. The molecule has 0 aliphatic rings. The summed E-state index contributed by atoms with van der Waals surface area (Å²) in [6, 6.07) is 0. The molecule has 1 rings (SSSR count). The van der Waals surface area contributed by atoms with Crippen molar-refractivity contribution in [3.05, 3.63) is 5.82 Å². The summed E-state index contributed by atoms with van der Waals surface area (Å²) >= 11 is 2.88. The zero-order valence-electron chi connectivity index (χ0n) is 8.07. The number of hydrogen-bond donors (Lipinski definition) is 0.